The number of carbonyl (C=O) groups is 1. The Kier molecular flexibility index (Phi) is 3.34. The van der Waals surface area contributed by atoms with Crippen LogP contribution in [0.1, 0.15) is 16.1 Å². The van der Waals surface area contributed by atoms with Gasteiger partial charge in [0.15, 0.2) is 5.43 Å². The Morgan fingerprint density at radius 1 is 1.33 bits per heavy atom. The highest BCUT2D eigenvalue weighted by atomic mass is 79.9. The van der Waals surface area contributed by atoms with Crippen LogP contribution in [0.2, 0.25) is 0 Å². The molecule has 92 valence electrons. The second-order valence-electron chi connectivity index (χ2n) is 3.85. The first-order valence-electron chi connectivity index (χ1n) is 5.21. The number of carboxylic acids is 1. The molecule has 0 spiro atoms. The number of nitrogens with zero attached hydrogens (tertiary/aromatic N) is 1. The summed E-state index contributed by atoms with van der Waals surface area (Å²) in [6.45, 7) is 1.76. The Balaban J connectivity index is 2.68. The molecule has 0 aliphatic rings. The number of rotatable bonds is 2. The molecule has 2 aromatic rings. The molecule has 1 aromatic heterocycles. The van der Waals surface area contributed by atoms with Gasteiger partial charge in [-0.25, -0.2) is 4.79 Å². The molecular formula is C13H10BrNO3. The van der Waals surface area contributed by atoms with Crippen molar-refractivity contribution in [1.29, 1.82) is 0 Å². The zero-order chi connectivity index (χ0) is 13.3. The van der Waals surface area contributed by atoms with E-state index in [1.807, 2.05) is 24.3 Å². The normalized spacial score (nSPS) is 10.3. The van der Waals surface area contributed by atoms with Crippen molar-refractivity contribution in [3.8, 4) is 5.69 Å². The van der Waals surface area contributed by atoms with Crippen LogP contribution in [0.15, 0.2) is 45.8 Å². The highest BCUT2D eigenvalue weighted by molar-refractivity contribution is 9.10. The fraction of sp³-hybridized carbons (Fsp3) is 0.0769. The fourth-order valence-corrected chi connectivity index (χ4v) is 2.08. The quantitative estimate of drug-likeness (QED) is 0.927. The number of aromatic carboxylic acids is 1. The molecule has 0 fully saturated rings. The molecule has 18 heavy (non-hydrogen) atoms. The van der Waals surface area contributed by atoms with Crippen LogP contribution >= 0.6 is 15.9 Å². The van der Waals surface area contributed by atoms with Gasteiger partial charge in [-0.3, -0.25) is 4.79 Å². The fourth-order valence-electron chi connectivity index (χ4n) is 1.70. The van der Waals surface area contributed by atoms with Crippen molar-refractivity contribution < 1.29 is 9.90 Å². The summed E-state index contributed by atoms with van der Waals surface area (Å²) in [6, 6.07) is 8.73. The Labute approximate surface area is 112 Å². The summed E-state index contributed by atoms with van der Waals surface area (Å²) < 4.78 is 2.56. The summed E-state index contributed by atoms with van der Waals surface area (Å²) >= 11 is 3.35. The summed E-state index contributed by atoms with van der Waals surface area (Å²) in [5.74, 6) is -1.22. The second-order valence-corrected chi connectivity index (χ2v) is 4.76. The van der Waals surface area contributed by atoms with Crippen LogP contribution in [0.5, 0.6) is 0 Å². The van der Waals surface area contributed by atoms with Gasteiger partial charge in [0.25, 0.3) is 0 Å². The Morgan fingerprint density at radius 3 is 2.67 bits per heavy atom. The molecule has 0 atom stereocenters. The number of pyridine rings is 1. The zero-order valence-electron chi connectivity index (χ0n) is 9.55. The lowest BCUT2D eigenvalue weighted by Crippen LogP contribution is -2.18. The van der Waals surface area contributed by atoms with Crippen molar-refractivity contribution in [3.05, 3.63) is 62.5 Å². The minimum atomic E-state index is -1.22. The van der Waals surface area contributed by atoms with Gasteiger partial charge in [0.2, 0.25) is 0 Å². The number of halogens is 1. The average molecular weight is 308 g/mol. The third-order valence-corrected chi connectivity index (χ3v) is 3.05. The van der Waals surface area contributed by atoms with Gasteiger partial charge < -0.3 is 9.67 Å². The molecule has 0 unspecified atom stereocenters. The van der Waals surface area contributed by atoms with Crippen molar-refractivity contribution >= 4 is 21.9 Å². The highest BCUT2D eigenvalue weighted by Gasteiger charge is 2.11. The van der Waals surface area contributed by atoms with Crippen LogP contribution in [-0.4, -0.2) is 15.6 Å². The molecule has 0 amide bonds. The van der Waals surface area contributed by atoms with Crippen LogP contribution in [0.4, 0.5) is 0 Å². The predicted molar refractivity (Wildman–Crippen MR) is 71.4 cm³/mol. The van der Waals surface area contributed by atoms with Crippen molar-refractivity contribution in [1.82, 2.24) is 4.57 Å². The van der Waals surface area contributed by atoms with Crippen molar-refractivity contribution in [2.75, 3.05) is 0 Å². The standard InChI is InChI=1S/C13H10BrNO3/c1-8-5-12(16)11(13(17)18)7-15(8)10-4-2-3-9(14)6-10/h2-7H,1H3,(H,17,18). The predicted octanol–water partition coefficient (Wildman–Crippen LogP) is 2.61. The van der Waals surface area contributed by atoms with E-state index in [0.717, 1.165) is 10.2 Å². The molecule has 0 aliphatic heterocycles. The number of carboxylic acid groups (broad SMARTS) is 1. The van der Waals surface area contributed by atoms with Crippen molar-refractivity contribution in [3.63, 3.8) is 0 Å². The summed E-state index contributed by atoms with van der Waals surface area (Å²) in [6.07, 6.45) is 1.35. The minimum absolute atomic E-state index is 0.236. The maximum absolute atomic E-state index is 11.5. The average Bonchev–Trinajstić information content (AvgIpc) is 2.28. The molecule has 4 nitrogen and oxygen atoms in total. The van der Waals surface area contributed by atoms with Crippen molar-refractivity contribution in [2.24, 2.45) is 0 Å². The molecule has 1 heterocycles. The minimum Gasteiger partial charge on any atom is -0.477 e. The van der Waals surface area contributed by atoms with Gasteiger partial charge >= 0.3 is 5.97 Å². The van der Waals surface area contributed by atoms with Crippen LogP contribution < -0.4 is 5.43 Å². The van der Waals surface area contributed by atoms with Crippen LogP contribution in [0, 0.1) is 6.92 Å². The first kappa shape index (κ1) is 12.6. The van der Waals surface area contributed by atoms with Gasteiger partial charge in [-0.15, -0.1) is 0 Å². The van der Waals surface area contributed by atoms with Crippen LogP contribution in [0.25, 0.3) is 5.69 Å². The smallest absolute Gasteiger partial charge is 0.341 e. The van der Waals surface area contributed by atoms with E-state index < -0.39 is 11.4 Å². The van der Waals surface area contributed by atoms with E-state index in [4.69, 9.17) is 5.11 Å². The molecule has 0 radical (unpaired) electrons. The highest BCUT2D eigenvalue weighted by Crippen LogP contribution is 2.16. The summed E-state index contributed by atoms with van der Waals surface area (Å²) in [5, 5.41) is 8.96. The van der Waals surface area contributed by atoms with Gasteiger partial charge in [-0.2, -0.15) is 0 Å². The third kappa shape index (κ3) is 2.36. The maximum Gasteiger partial charge on any atom is 0.341 e. The van der Waals surface area contributed by atoms with E-state index in [1.165, 1.54) is 12.3 Å². The Hall–Kier alpha value is -1.88. The van der Waals surface area contributed by atoms with E-state index in [0.29, 0.717) is 5.69 Å². The summed E-state index contributed by atoms with van der Waals surface area (Å²) in [5.41, 5.74) is 0.763. The van der Waals surface area contributed by atoms with E-state index in [9.17, 15) is 9.59 Å². The Bertz CT molecular complexity index is 676. The summed E-state index contributed by atoms with van der Waals surface area (Å²) in [4.78, 5) is 22.5. The molecule has 5 heteroatoms. The zero-order valence-corrected chi connectivity index (χ0v) is 11.1. The number of hydrogen-bond donors (Lipinski definition) is 1. The molecule has 0 bridgehead atoms. The first-order valence-corrected chi connectivity index (χ1v) is 6.01. The third-order valence-electron chi connectivity index (χ3n) is 2.56. The van der Waals surface area contributed by atoms with Gasteiger partial charge in [0.1, 0.15) is 5.56 Å². The molecule has 0 aliphatic carbocycles. The largest absolute Gasteiger partial charge is 0.477 e. The lowest BCUT2D eigenvalue weighted by Gasteiger charge is -2.11. The van der Waals surface area contributed by atoms with Gasteiger partial charge in [0, 0.05) is 28.1 Å². The van der Waals surface area contributed by atoms with E-state index in [1.54, 1.807) is 11.5 Å². The first-order chi connectivity index (χ1) is 8.49. The van der Waals surface area contributed by atoms with Gasteiger partial charge in [-0.1, -0.05) is 22.0 Å². The SMILES string of the molecule is Cc1cc(=O)c(C(=O)O)cn1-c1cccc(Br)c1. The van der Waals surface area contributed by atoms with Crippen molar-refractivity contribution in [2.45, 2.75) is 6.92 Å². The molecule has 2 rings (SSSR count). The summed E-state index contributed by atoms with van der Waals surface area (Å²) in [7, 11) is 0. The van der Waals surface area contributed by atoms with Gasteiger partial charge in [0.05, 0.1) is 0 Å². The Morgan fingerprint density at radius 2 is 2.06 bits per heavy atom. The van der Waals surface area contributed by atoms with E-state index >= 15 is 0 Å². The van der Waals surface area contributed by atoms with Crippen LogP contribution in [0.3, 0.4) is 0 Å². The monoisotopic (exact) mass is 307 g/mol. The lowest BCUT2D eigenvalue weighted by atomic mass is 10.2. The molecule has 1 N–H and O–H groups in total. The molecule has 0 saturated carbocycles. The van der Waals surface area contributed by atoms with E-state index in [-0.39, 0.29) is 5.56 Å². The molecule has 1 aromatic carbocycles. The molecular weight excluding hydrogens is 298 g/mol. The van der Waals surface area contributed by atoms with Crippen LogP contribution in [-0.2, 0) is 0 Å². The second kappa shape index (κ2) is 4.78. The van der Waals surface area contributed by atoms with Gasteiger partial charge in [-0.05, 0) is 25.1 Å². The molecule has 0 saturated heterocycles. The van der Waals surface area contributed by atoms with E-state index in [2.05, 4.69) is 15.9 Å². The number of hydrogen-bond acceptors (Lipinski definition) is 2. The maximum atomic E-state index is 11.5. The number of benzene rings is 1. The lowest BCUT2D eigenvalue weighted by molar-refractivity contribution is 0.0695. The topological polar surface area (TPSA) is 59.3 Å². The number of aromatic nitrogens is 1. The number of aryl methyl sites for hydroxylation is 1.